The first-order chi connectivity index (χ1) is 57.6. The van der Waals surface area contributed by atoms with Crippen molar-refractivity contribution in [1.29, 1.82) is 0 Å². The molecule has 2 spiro atoms. The van der Waals surface area contributed by atoms with Crippen LogP contribution in [0.1, 0.15) is 82.7 Å². The number of nitrogens with zero attached hydrogens (tertiary/aromatic N) is 6. The van der Waals surface area contributed by atoms with Gasteiger partial charge < -0.3 is 13.7 Å². The quantitative estimate of drug-likeness (QED) is 0.135. The zero-order valence-corrected chi connectivity index (χ0v) is 63.9. The summed E-state index contributed by atoms with van der Waals surface area (Å²) in [6, 6.07) is 131. The van der Waals surface area contributed by atoms with Crippen LogP contribution in [0.15, 0.2) is 370 Å². The molecule has 0 N–H and O–H groups in total. The second-order valence-corrected chi connectivity index (χ2v) is 32.2. The number of aromatic nitrogens is 6. The third-order valence-electron chi connectivity index (χ3n) is 26.6. The smallest absolute Gasteiger partial charge is 0.145 e. The highest BCUT2D eigenvalue weighted by Crippen LogP contribution is 2.65. The predicted octanol–water partition coefficient (Wildman–Crippen LogP) is 27.7. The summed E-state index contributed by atoms with van der Waals surface area (Å²) in [4.78, 5) is 9.88. The van der Waals surface area contributed by atoms with Gasteiger partial charge in [-0.1, -0.05) is 293 Å². The lowest BCUT2D eigenvalue weighted by Gasteiger charge is -2.30. The Morgan fingerprint density at radius 2 is 0.647 bits per heavy atom. The standard InChI is InChI=1S/C58H43N3.C52H31N3/c1-2-3-4-5-16-37-27-29-38(30-28-37)60-53-26-15-10-21-45(53)55-56(60)43-33-34-59-36-47(43)54-44-20-9-14-25-52(44)61(57(54)55)39-31-32-51-46(35-39)42-19-8-13-24-50(42)58(51)48-22-11-6-17-40(48)41-18-7-12-23-49(41)58;1-2-15-32(16-3-1)55-49-39-21-5-4-20-38(39)47-40-22-9-13-27-46(40)54(50(47)48(49)41-23-14-30-53-51(41)55)33-28-29-37-36-19-8-12-26-44(36)52(45(37)31-33)42-24-10-6-17-34(42)35-18-7-11-25-43(35)52/h6-15,17-36H,2-5,16H2,1H3;1-31H. The molecule has 26 rings (SSSR count). The van der Waals surface area contributed by atoms with E-state index in [2.05, 4.69) is 383 Å². The van der Waals surface area contributed by atoms with Gasteiger partial charge in [-0.05, 0) is 198 Å². The molecule has 0 atom stereocenters. The van der Waals surface area contributed by atoms with Crippen LogP contribution in [0.25, 0.3) is 176 Å². The molecular formula is C110H74N6. The van der Waals surface area contributed by atoms with E-state index in [0.717, 1.165) is 34.5 Å². The molecule has 0 saturated carbocycles. The molecule has 0 unspecified atom stereocenters. The molecule has 6 aromatic heterocycles. The first-order valence-corrected chi connectivity index (χ1v) is 41.1. The number of rotatable bonds is 9. The third kappa shape index (κ3) is 8.58. The van der Waals surface area contributed by atoms with E-state index in [1.54, 1.807) is 0 Å². The van der Waals surface area contributed by atoms with Crippen molar-refractivity contribution in [3.8, 4) is 67.3 Å². The molecule has 0 aliphatic heterocycles. The number of para-hydroxylation sites is 4. The van der Waals surface area contributed by atoms with Gasteiger partial charge >= 0.3 is 0 Å². The van der Waals surface area contributed by atoms with E-state index >= 15 is 0 Å². The Hall–Kier alpha value is -14.5. The van der Waals surface area contributed by atoms with Gasteiger partial charge in [-0.15, -0.1) is 0 Å². The molecule has 4 aliphatic rings. The summed E-state index contributed by atoms with van der Waals surface area (Å²) in [5.74, 6) is 0. The molecule has 6 heteroatoms. The fourth-order valence-electron chi connectivity index (χ4n) is 22.2. The van der Waals surface area contributed by atoms with Crippen LogP contribution in [-0.4, -0.2) is 28.2 Å². The highest BCUT2D eigenvalue weighted by atomic mass is 15.1. The van der Waals surface area contributed by atoms with Crippen molar-refractivity contribution in [3.63, 3.8) is 0 Å². The number of unbranched alkanes of at least 4 members (excludes halogenated alkanes) is 3. The largest absolute Gasteiger partial charge is 0.309 e. The van der Waals surface area contributed by atoms with Gasteiger partial charge in [0, 0.05) is 101 Å². The van der Waals surface area contributed by atoms with E-state index in [-0.39, 0.29) is 5.41 Å². The summed E-state index contributed by atoms with van der Waals surface area (Å²) < 4.78 is 9.98. The Kier molecular flexibility index (Phi) is 13.9. The minimum atomic E-state index is -0.427. The van der Waals surface area contributed by atoms with Crippen LogP contribution in [0.2, 0.25) is 0 Å². The number of aryl methyl sites for hydroxylation is 1. The highest BCUT2D eigenvalue weighted by molar-refractivity contribution is 6.38. The van der Waals surface area contributed by atoms with Crippen LogP contribution in [-0.2, 0) is 17.3 Å². The molecule has 116 heavy (non-hydrogen) atoms. The molecule has 6 heterocycles. The normalized spacial score (nSPS) is 13.5. The summed E-state index contributed by atoms with van der Waals surface area (Å²) in [5, 5.41) is 14.7. The molecule has 0 bridgehead atoms. The van der Waals surface area contributed by atoms with Gasteiger partial charge in [-0.25, -0.2) is 4.98 Å². The average Bonchev–Trinajstić information content (AvgIpc) is 1.48. The molecule has 16 aromatic carbocycles. The molecular weight excluding hydrogens is 1410 g/mol. The molecule has 6 nitrogen and oxygen atoms in total. The minimum Gasteiger partial charge on any atom is -0.309 e. The summed E-state index contributed by atoms with van der Waals surface area (Å²) in [6.45, 7) is 2.28. The molecule has 0 amide bonds. The molecule has 0 fully saturated rings. The monoisotopic (exact) mass is 1480 g/mol. The van der Waals surface area contributed by atoms with Gasteiger partial charge in [0.2, 0.25) is 0 Å². The SMILES string of the molecule is CCCCCCc1ccc(-n2c3ccccc3c3c2c2ccncc2c2c4ccccc4n(-c4ccc5c(c4)-c4ccccc4C54c5ccccc5-c5ccccc54)c23)cc1.c1ccc(-n2c3ncccc3c3c4c(c5ccccc5c32)c2ccccc2n4-c2ccc3c(c2)C2(c4ccccc4-c4ccccc42)c2ccccc2-3)cc1. The lowest BCUT2D eigenvalue weighted by atomic mass is 9.70. The first kappa shape index (κ1) is 65.1. The Morgan fingerprint density at radius 1 is 0.250 bits per heavy atom. The van der Waals surface area contributed by atoms with E-state index in [9.17, 15) is 0 Å². The van der Waals surface area contributed by atoms with Crippen molar-refractivity contribution in [2.75, 3.05) is 0 Å². The summed E-state index contributed by atoms with van der Waals surface area (Å²) >= 11 is 0. The van der Waals surface area contributed by atoms with Gasteiger partial charge in [0.05, 0.1) is 49.4 Å². The Morgan fingerprint density at radius 3 is 1.22 bits per heavy atom. The number of hydrogen-bond donors (Lipinski definition) is 0. The Labute approximate surface area is 670 Å². The predicted molar refractivity (Wildman–Crippen MR) is 481 cm³/mol. The van der Waals surface area contributed by atoms with Crippen LogP contribution in [0.3, 0.4) is 0 Å². The van der Waals surface area contributed by atoms with Crippen molar-refractivity contribution in [2.24, 2.45) is 0 Å². The lowest BCUT2D eigenvalue weighted by molar-refractivity contribution is 0.667. The number of pyridine rings is 2. The van der Waals surface area contributed by atoms with Gasteiger partial charge in [0.25, 0.3) is 0 Å². The maximum Gasteiger partial charge on any atom is 0.145 e. The van der Waals surface area contributed by atoms with Gasteiger partial charge in [0.1, 0.15) is 5.65 Å². The summed E-state index contributed by atoms with van der Waals surface area (Å²) in [7, 11) is 0. The van der Waals surface area contributed by atoms with E-state index in [1.807, 2.05) is 12.4 Å². The van der Waals surface area contributed by atoms with Crippen molar-refractivity contribution < 1.29 is 0 Å². The zero-order valence-electron chi connectivity index (χ0n) is 63.9. The van der Waals surface area contributed by atoms with E-state index < -0.39 is 5.41 Å². The van der Waals surface area contributed by atoms with Gasteiger partial charge in [-0.2, -0.15) is 0 Å². The molecule has 0 saturated heterocycles. The minimum absolute atomic E-state index is 0.383. The summed E-state index contributed by atoms with van der Waals surface area (Å²) in [6.07, 6.45) is 12.2. The average molecular weight is 1480 g/mol. The second kappa shape index (κ2) is 24.8. The Balaban J connectivity index is 0.000000131. The van der Waals surface area contributed by atoms with Crippen LogP contribution < -0.4 is 0 Å². The van der Waals surface area contributed by atoms with Crippen LogP contribution in [0, 0.1) is 0 Å². The molecule has 544 valence electrons. The van der Waals surface area contributed by atoms with Crippen molar-refractivity contribution in [3.05, 3.63) is 421 Å². The van der Waals surface area contributed by atoms with E-state index in [1.165, 1.54) is 224 Å². The fraction of sp³-hybridized carbons (Fsp3) is 0.0727. The molecule has 0 radical (unpaired) electrons. The number of benzene rings is 16. The first-order valence-electron chi connectivity index (χ1n) is 41.1. The topological polar surface area (TPSA) is 45.5 Å². The zero-order chi connectivity index (χ0) is 76.1. The van der Waals surface area contributed by atoms with Crippen molar-refractivity contribution in [1.82, 2.24) is 28.2 Å². The van der Waals surface area contributed by atoms with Crippen molar-refractivity contribution in [2.45, 2.75) is 49.9 Å². The second-order valence-electron chi connectivity index (χ2n) is 32.2. The van der Waals surface area contributed by atoms with Gasteiger partial charge in [0.15, 0.2) is 0 Å². The maximum atomic E-state index is 5.08. The van der Waals surface area contributed by atoms with Gasteiger partial charge in [-0.3, -0.25) is 9.55 Å². The van der Waals surface area contributed by atoms with Crippen molar-refractivity contribution >= 4 is 109 Å². The lowest BCUT2D eigenvalue weighted by Crippen LogP contribution is -2.26. The van der Waals surface area contributed by atoms with Crippen LogP contribution in [0.4, 0.5) is 0 Å². The molecule has 22 aromatic rings. The van der Waals surface area contributed by atoms with E-state index in [4.69, 9.17) is 9.97 Å². The third-order valence-corrected chi connectivity index (χ3v) is 26.6. The fourth-order valence-corrected chi connectivity index (χ4v) is 22.2. The van der Waals surface area contributed by atoms with E-state index in [0.29, 0.717) is 0 Å². The van der Waals surface area contributed by atoms with Crippen LogP contribution >= 0.6 is 0 Å². The summed E-state index contributed by atoms with van der Waals surface area (Å²) in [5.41, 5.74) is 35.9. The number of hydrogen-bond acceptors (Lipinski definition) is 2. The van der Waals surface area contributed by atoms with Crippen LogP contribution in [0.5, 0.6) is 0 Å². The molecule has 4 aliphatic carbocycles. The maximum absolute atomic E-state index is 5.08. The highest BCUT2D eigenvalue weighted by Gasteiger charge is 2.53. The number of fused-ring (bicyclic) bond motifs is 40. The Bertz CT molecular complexity index is 7850.